The van der Waals surface area contributed by atoms with E-state index in [-0.39, 0.29) is 12.7 Å². The molecule has 1 aromatic rings. The van der Waals surface area contributed by atoms with Gasteiger partial charge >= 0.3 is 5.97 Å². The fraction of sp³-hybridized carbons (Fsp3) is 0.400. The van der Waals surface area contributed by atoms with Gasteiger partial charge in [-0.2, -0.15) is 0 Å². The molecule has 140 valence electrons. The van der Waals surface area contributed by atoms with Crippen molar-refractivity contribution in [2.45, 2.75) is 31.2 Å². The number of carbonyl (C=O) groups excluding carboxylic acids is 1. The number of carboxylic acids is 1. The van der Waals surface area contributed by atoms with Crippen molar-refractivity contribution in [2.75, 3.05) is 6.79 Å². The zero-order chi connectivity index (χ0) is 18.9. The number of amides is 1. The van der Waals surface area contributed by atoms with Gasteiger partial charge in [-0.3, -0.25) is 9.59 Å². The van der Waals surface area contributed by atoms with E-state index in [0.29, 0.717) is 18.0 Å². The zero-order valence-electron chi connectivity index (χ0n) is 14.8. The molecule has 0 unspecified atom stereocenters. The third-order valence-electron chi connectivity index (χ3n) is 5.92. The summed E-state index contributed by atoms with van der Waals surface area (Å²) in [6.45, 7) is 6.41. The number of hydrogen-bond acceptors (Lipinski definition) is 5. The lowest BCUT2D eigenvalue weighted by Gasteiger charge is -2.33. The molecule has 5 rings (SSSR count). The molecule has 4 aliphatic rings. The van der Waals surface area contributed by atoms with Gasteiger partial charge in [0.15, 0.2) is 11.5 Å². The number of rotatable bonds is 4. The molecule has 1 spiro atoms. The molecule has 5 atom stereocenters. The third-order valence-corrected chi connectivity index (χ3v) is 5.92. The van der Waals surface area contributed by atoms with Crippen LogP contribution in [0.1, 0.15) is 12.5 Å². The van der Waals surface area contributed by atoms with Crippen LogP contribution in [0.25, 0.3) is 0 Å². The molecule has 2 bridgehead atoms. The summed E-state index contributed by atoms with van der Waals surface area (Å²) in [5, 5.41) is 9.67. The Balaban J connectivity index is 1.53. The molecular weight excluding hydrogens is 350 g/mol. The molecule has 2 fully saturated rings. The standard InChI is InChI=1S/C20H19NO6/c1-10(2)17-20-6-5-13(27-20)15(19(23)24)16(20)18(22)21(17)8-11-3-4-12-14(7-11)26-9-25-12/h3-7,13,15-17H,1,8-9H2,2H3,(H,23,24)/t13-,15-,16+,17-,20-/m1/s1. The molecule has 1 aromatic carbocycles. The smallest absolute Gasteiger partial charge is 0.310 e. The number of fused-ring (bicyclic) bond motifs is 2. The second kappa shape index (κ2) is 5.36. The molecule has 0 aliphatic carbocycles. The number of carbonyl (C=O) groups is 2. The van der Waals surface area contributed by atoms with Crippen LogP contribution < -0.4 is 9.47 Å². The predicted molar refractivity (Wildman–Crippen MR) is 93.1 cm³/mol. The molecule has 4 heterocycles. The van der Waals surface area contributed by atoms with E-state index in [4.69, 9.17) is 14.2 Å². The Morgan fingerprint density at radius 1 is 1.37 bits per heavy atom. The minimum atomic E-state index is -1.00. The highest BCUT2D eigenvalue weighted by Gasteiger charge is 2.71. The second-order valence-electron chi connectivity index (χ2n) is 7.54. The first-order valence-electron chi connectivity index (χ1n) is 8.87. The van der Waals surface area contributed by atoms with Gasteiger partial charge in [0.25, 0.3) is 0 Å². The number of benzene rings is 1. The lowest BCUT2D eigenvalue weighted by molar-refractivity contribution is -0.148. The van der Waals surface area contributed by atoms with Gasteiger partial charge in [0.05, 0.1) is 18.1 Å². The van der Waals surface area contributed by atoms with Gasteiger partial charge in [0.1, 0.15) is 11.5 Å². The van der Waals surface area contributed by atoms with Crippen LogP contribution in [0.4, 0.5) is 0 Å². The van der Waals surface area contributed by atoms with Crippen molar-refractivity contribution >= 4 is 11.9 Å². The molecule has 7 nitrogen and oxygen atoms in total. The van der Waals surface area contributed by atoms with E-state index < -0.39 is 35.6 Å². The van der Waals surface area contributed by atoms with Crippen LogP contribution in [0.2, 0.25) is 0 Å². The maximum absolute atomic E-state index is 13.3. The first-order valence-corrected chi connectivity index (χ1v) is 8.87. The summed E-state index contributed by atoms with van der Waals surface area (Å²) in [7, 11) is 0. The second-order valence-corrected chi connectivity index (χ2v) is 7.54. The van der Waals surface area contributed by atoms with E-state index >= 15 is 0 Å². The van der Waals surface area contributed by atoms with Crippen LogP contribution in [-0.4, -0.2) is 46.4 Å². The van der Waals surface area contributed by atoms with Gasteiger partial charge in [-0.25, -0.2) is 0 Å². The van der Waals surface area contributed by atoms with Crippen LogP contribution >= 0.6 is 0 Å². The minimum absolute atomic E-state index is 0.182. The van der Waals surface area contributed by atoms with Crippen molar-refractivity contribution in [1.29, 1.82) is 0 Å². The Hall–Kier alpha value is -2.80. The monoisotopic (exact) mass is 369 g/mol. The van der Waals surface area contributed by atoms with Crippen LogP contribution in [-0.2, 0) is 20.9 Å². The van der Waals surface area contributed by atoms with E-state index in [1.165, 1.54) is 0 Å². The highest BCUT2D eigenvalue weighted by Crippen LogP contribution is 2.56. The van der Waals surface area contributed by atoms with Crippen molar-refractivity contribution in [3.63, 3.8) is 0 Å². The summed E-state index contributed by atoms with van der Waals surface area (Å²) in [6, 6.07) is 5.13. The summed E-state index contributed by atoms with van der Waals surface area (Å²) in [4.78, 5) is 26.8. The highest BCUT2D eigenvalue weighted by molar-refractivity contribution is 5.92. The Kier molecular flexibility index (Phi) is 3.25. The largest absolute Gasteiger partial charge is 0.481 e. The van der Waals surface area contributed by atoms with Crippen molar-refractivity contribution in [1.82, 2.24) is 4.90 Å². The van der Waals surface area contributed by atoms with E-state index in [2.05, 4.69) is 6.58 Å². The summed E-state index contributed by atoms with van der Waals surface area (Å²) in [6.07, 6.45) is 3.06. The fourth-order valence-corrected chi connectivity index (χ4v) is 4.96. The molecule has 27 heavy (non-hydrogen) atoms. The number of carboxylic acid groups (broad SMARTS) is 1. The quantitative estimate of drug-likeness (QED) is 0.814. The molecule has 1 amide bonds. The van der Waals surface area contributed by atoms with Crippen molar-refractivity contribution in [3.05, 3.63) is 48.1 Å². The molecular formula is C20H19NO6. The van der Waals surface area contributed by atoms with Crippen molar-refractivity contribution < 1.29 is 28.9 Å². The van der Waals surface area contributed by atoms with Gasteiger partial charge in [-0.1, -0.05) is 30.4 Å². The van der Waals surface area contributed by atoms with Crippen molar-refractivity contribution in [2.24, 2.45) is 11.8 Å². The van der Waals surface area contributed by atoms with Gasteiger partial charge in [-0.05, 0) is 24.6 Å². The number of nitrogens with zero attached hydrogens (tertiary/aromatic N) is 1. The molecule has 0 radical (unpaired) electrons. The minimum Gasteiger partial charge on any atom is -0.481 e. The number of likely N-dealkylation sites (tertiary alicyclic amines) is 1. The fourth-order valence-electron chi connectivity index (χ4n) is 4.96. The lowest BCUT2D eigenvalue weighted by atomic mass is 9.74. The Labute approximate surface area is 155 Å². The van der Waals surface area contributed by atoms with Crippen LogP contribution in [0.5, 0.6) is 11.5 Å². The number of ether oxygens (including phenoxy) is 3. The topological polar surface area (TPSA) is 85.3 Å². The SMILES string of the molecule is C=C(C)[C@H]1N(Cc2ccc3c(c2)OCO3)C(=O)[C@@H]2[C@H](C(=O)O)[C@H]3C=C[C@@]21O3. The molecule has 4 aliphatic heterocycles. The number of hydrogen-bond donors (Lipinski definition) is 1. The lowest BCUT2D eigenvalue weighted by Crippen LogP contribution is -2.45. The molecule has 0 aromatic heterocycles. The molecule has 2 saturated heterocycles. The normalized spacial score (nSPS) is 35.0. The van der Waals surface area contributed by atoms with Gasteiger partial charge in [0, 0.05) is 6.54 Å². The maximum atomic E-state index is 13.3. The summed E-state index contributed by atoms with van der Waals surface area (Å²) < 4.78 is 16.8. The average Bonchev–Trinajstić information content (AvgIpc) is 3.35. The predicted octanol–water partition coefficient (Wildman–Crippen LogP) is 1.73. The van der Waals surface area contributed by atoms with Gasteiger partial charge in [0.2, 0.25) is 12.7 Å². The van der Waals surface area contributed by atoms with Crippen LogP contribution in [0.15, 0.2) is 42.5 Å². The zero-order valence-corrected chi connectivity index (χ0v) is 14.8. The summed E-state index contributed by atoms with van der Waals surface area (Å²) in [5.74, 6) is -1.50. The average molecular weight is 369 g/mol. The molecule has 7 heteroatoms. The van der Waals surface area contributed by atoms with Crippen molar-refractivity contribution in [3.8, 4) is 11.5 Å². The first-order chi connectivity index (χ1) is 12.9. The van der Waals surface area contributed by atoms with E-state index in [0.717, 1.165) is 11.1 Å². The molecule has 0 saturated carbocycles. The first kappa shape index (κ1) is 16.4. The Bertz CT molecular complexity index is 908. The van der Waals surface area contributed by atoms with E-state index in [1.807, 2.05) is 31.2 Å². The summed E-state index contributed by atoms with van der Waals surface area (Å²) in [5.41, 5.74) is 0.691. The summed E-state index contributed by atoms with van der Waals surface area (Å²) >= 11 is 0. The van der Waals surface area contributed by atoms with E-state index in [9.17, 15) is 14.7 Å². The maximum Gasteiger partial charge on any atom is 0.310 e. The van der Waals surface area contributed by atoms with Gasteiger partial charge in [-0.15, -0.1) is 0 Å². The van der Waals surface area contributed by atoms with Gasteiger partial charge < -0.3 is 24.2 Å². The third kappa shape index (κ3) is 2.06. The number of aliphatic carboxylic acids is 1. The Morgan fingerprint density at radius 2 is 2.15 bits per heavy atom. The van der Waals surface area contributed by atoms with Crippen LogP contribution in [0, 0.1) is 11.8 Å². The van der Waals surface area contributed by atoms with Crippen LogP contribution in [0.3, 0.4) is 0 Å². The molecule has 1 N–H and O–H groups in total. The van der Waals surface area contributed by atoms with E-state index in [1.54, 1.807) is 11.0 Å². The highest BCUT2D eigenvalue weighted by atomic mass is 16.7. The Morgan fingerprint density at radius 3 is 2.89 bits per heavy atom.